The fourth-order valence-corrected chi connectivity index (χ4v) is 2.41. The molecular formula is C18H19BrN2O3. The maximum Gasteiger partial charge on any atom is 0.258 e. The number of halogens is 1. The van der Waals surface area contributed by atoms with Crippen LogP contribution in [-0.2, 0) is 9.59 Å². The van der Waals surface area contributed by atoms with Gasteiger partial charge in [0.15, 0.2) is 6.61 Å². The van der Waals surface area contributed by atoms with Crippen molar-refractivity contribution >= 4 is 33.4 Å². The van der Waals surface area contributed by atoms with Gasteiger partial charge in [0.2, 0.25) is 5.91 Å². The van der Waals surface area contributed by atoms with E-state index >= 15 is 0 Å². The molecule has 0 heterocycles. The lowest BCUT2D eigenvalue weighted by Gasteiger charge is -2.16. The van der Waals surface area contributed by atoms with Gasteiger partial charge >= 0.3 is 0 Å². The van der Waals surface area contributed by atoms with Crippen LogP contribution < -0.4 is 15.4 Å². The summed E-state index contributed by atoms with van der Waals surface area (Å²) in [5, 5.41) is 5.55. The van der Waals surface area contributed by atoms with E-state index < -0.39 is 0 Å². The van der Waals surface area contributed by atoms with E-state index in [0.29, 0.717) is 11.4 Å². The SMILES string of the molecule is CC(=O)Nc1ccccc1OCC(=O)NC(C)c1ccc(Br)cc1. The summed E-state index contributed by atoms with van der Waals surface area (Å²) in [5.74, 6) is 0.0292. The Kier molecular flexibility index (Phi) is 6.37. The summed E-state index contributed by atoms with van der Waals surface area (Å²) in [6.07, 6.45) is 0. The zero-order valence-corrected chi connectivity index (χ0v) is 15.1. The number of carbonyl (C=O) groups is 2. The van der Waals surface area contributed by atoms with Gasteiger partial charge in [-0.3, -0.25) is 9.59 Å². The Bertz CT molecular complexity index is 716. The third-order valence-corrected chi connectivity index (χ3v) is 3.83. The Balaban J connectivity index is 1.91. The average molecular weight is 391 g/mol. The number of amides is 2. The molecule has 0 aromatic heterocycles. The van der Waals surface area contributed by atoms with Crippen molar-refractivity contribution in [3.8, 4) is 5.75 Å². The highest BCUT2D eigenvalue weighted by molar-refractivity contribution is 9.10. The van der Waals surface area contributed by atoms with Gasteiger partial charge in [-0.25, -0.2) is 0 Å². The molecular weight excluding hydrogens is 372 g/mol. The van der Waals surface area contributed by atoms with Gasteiger partial charge in [-0.1, -0.05) is 40.2 Å². The van der Waals surface area contributed by atoms with Crippen LogP contribution in [0.5, 0.6) is 5.75 Å². The average Bonchev–Trinajstić information content (AvgIpc) is 2.54. The zero-order chi connectivity index (χ0) is 17.5. The highest BCUT2D eigenvalue weighted by atomic mass is 79.9. The Morgan fingerprint density at radius 1 is 1.12 bits per heavy atom. The molecule has 2 rings (SSSR count). The van der Waals surface area contributed by atoms with Gasteiger partial charge in [0.05, 0.1) is 11.7 Å². The lowest BCUT2D eigenvalue weighted by Crippen LogP contribution is -2.31. The highest BCUT2D eigenvalue weighted by Crippen LogP contribution is 2.23. The zero-order valence-electron chi connectivity index (χ0n) is 13.5. The molecule has 126 valence electrons. The summed E-state index contributed by atoms with van der Waals surface area (Å²) in [6.45, 7) is 3.20. The third-order valence-electron chi connectivity index (χ3n) is 3.30. The van der Waals surface area contributed by atoms with E-state index in [9.17, 15) is 9.59 Å². The smallest absolute Gasteiger partial charge is 0.258 e. The third kappa shape index (κ3) is 5.38. The molecule has 0 aliphatic rings. The molecule has 2 aromatic carbocycles. The quantitative estimate of drug-likeness (QED) is 0.790. The van der Waals surface area contributed by atoms with Gasteiger partial charge < -0.3 is 15.4 Å². The lowest BCUT2D eigenvalue weighted by atomic mass is 10.1. The molecule has 0 saturated heterocycles. The van der Waals surface area contributed by atoms with Crippen LogP contribution in [0, 0.1) is 0 Å². The predicted molar refractivity (Wildman–Crippen MR) is 96.9 cm³/mol. The number of rotatable bonds is 6. The van der Waals surface area contributed by atoms with Crippen LogP contribution in [-0.4, -0.2) is 18.4 Å². The van der Waals surface area contributed by atoms with E-state index in [4.69, 9.17) is 4.74 Å². The van der Waals surface area contributed by atoms with Crippen LogP contribution >= 0.6 is 15.9 Å². The Morgan fingerprint density at radius 3 is 2.46 bits per heavy atom. The largest absolute Gasteiger partial charge is 0.482 e. The summed E-state index contributed by atoms with van der Waals surface area (Å²) in [4.78, 5) is 23.2. The van der Waals surface area contributed by atoms with Crippen molar-refractivity contribution in [2.75, 3.05) is 11.9 Å². The summed E-state index contributed by atoms with van der Waals surface area (Å²) in [5.41, 5.74) is 1.55. The van der Waals surface area contributed by atoms with Crippen LogP contribution in [0.2, 0.25) is 0 Å². The molecule has 5 nitrogen and oxygen atoms in total. The molecule has 0 spiro atoms. The standard InChI is InChI=1S/C18H19BrN2O3/c1-12(14-7-9-15(19)10-8-14)20-18(23)11-24-17-6-4-3-5-16(17)21-13(2)22/h3-10,12H,11H2,1-2H3,(H,20,23)(H,21,22). The van der Waals surface area contributed by atoms with Crippen molar-refractivity contribution in [2.24, 2.45) is 0 Å². The molecule has 1 unspecified atom stereocenters. The molecule has 0 radical (unpaired) electrons. The van der Waals surface area contributed by atoms with Crippen molar-refractivity contribution < 1.29 is 14.3 Å². The lowest BCUT2D eigenvalue weighted by molar-refractivity contribution is -0.123. The number of para-hydroxylation sites is 2. The van der Waals surface area contributed by atoms with Gasteiger partial charge in [-0.2, -0.15) is 0 Å². The van der Waals surface area contributed by atoms with Gasteiger partial charge in [-0.15, -0.1) is 0 Å². The van der Waals surface area contributed by atoms with E-state index in [-0.39, 0.29) is 24.5 Å². The first-order valence-corrected chi connectivity index (χ1v) is 8.29. The van der Waals surface area contributed by atoms with Gasteiger partial charge in [0, 0.05) is 11.4 Å². The van der Waals surface area contributed by atoms with Gasteiger partial charge in [0.1, 0.15) is 5.75 Å². The first kappa shape index (κ1) is 18.0. The second-order valence-corrected chi connectivity index (χ2v) is 6.22. The number of nitrogens with one attached hydrogen (secondary N) is 2. The second kappa shape index (κ2) is 8.49. The van der Waals surface area contributed by atoms with Crippen LogP contribution in [0.3, 0.4) is 0 Å². The Hall–Kier alpha value is -2.34. The van der Waals surface area contributed by atoms with E-state index in [0.717, 1.165) is 10.0 Å². The number of hydrogen-bond donors (Lipinski definition) is 2. The van der Waals surface area contributed by atoms with Crippen molar-refractivity contribution in [3.05, 3.63) is 58.6 Å². The van der Waals surface area contributed by atoms with Crippen LogP contribution in [0.4, 0.5) is 5.69 Å². The molecule has 0 aliphatic carbocycles. The Morgan fingerprint density at radius 2 is 1.79 bits per heavy atom. The van der Waals surface area contributed by atoms with E-state index in [1.54, 1.807) is 24.3 Å². The first-order valence-electron chi connectivity index (χ1n) is 7.50. The van der Waals surface area contributed by atoms with E-state index in [1.807, 2.05) is 31.2 Å². The summed E-state index contributed by atoms with van der Waals surface area (Å²) >= 11 is 3.38. The molecule has 0 saturated carbocycles. The molecule has 1 atom stereocenters. The maximum absolute atomic E-state index is 12.1. The van der Waals surface area contributed by atoms with Crippen LogP contribution in [0.15, 0.2) is 53.0 Å². The fraction of sp³-hybridized carbons (Fsp3) is 0.222. The molecule has 24 heavy (non-hydrogen) atoms. The molecule has 0 fully saturated rings. The number of ether oxygens (including phenoxy) is 1. The molecule has 0 bridgehead atoms. The maximum atomic E-state index is 12.1. The van der Waals surface area contributed by atoms with Gasteiger partial charge in [0.25, 0.3) is 5.91 Å². The monoisotopic (exact) mass is 390 g/mol. The number of anilines is 1. The predicted octanol–water partition coefficient (Wildman–Crippen LogP) is 3.66. The van der Waals surface area contributed by atoms with Crippen molar-refractivity contribution in [1.29, 1.82) is 0 Å². The second-order valence-electron chi connectivity index (χ2n) is 5.31. The topological polar surface area (TPSA) is 67.4 Å². The number of benzene rings is 2. The molecule has 0 aliphatic heterocycles. The summed E-state index contributed by atoms with van der Waals surface area (Å²) < 4.78 is 6.51. The highest BCUT2D eigenvalue weighted by Gasteiger charge is 2.11. The van der Waals surface area contributed by atoms with Gasteiger partial charge in [-0.05, 0) is 36.8 Å². The Labute approximate surface area is 149 Å². The minimum absolute atomic E-state index is 0.125. The molecule has 2 amide bonds. The van der Waals surface area contributed by atoms with E-state index in [1.165, 1.54) is 6.92 Å². The fourth-order valence-electron chi connectivity index (χ4n) is 2.15. The minimum Gasteiger partial charge on any atom is -0.482 e. The molecule has 2 N–H and O–H groups in total. The summed E-state index contributed by atoms with van der Waals surface area (Å²) in [7, 11) is 0. The normalized spacial score (nSPS) is 11.5. The van der Waals surface area contributed by atoms with Crippen LogP contribution in [0.1, 0.15) is 25.5 Å². The summed E-state index contributed by atoms with van der Waals surface area (Å²) in [6, 6.07) is 14.6. The first-order chi connectivity index (χ1) is 11.5. The van der Waals surface area contributed by atoms with E-state index in [2.05, 4.69) is 26.6 Å². The number of carbonyl (C=O) groups excluding carboxylic acids is 2. The number of hydrogen-bond acceptors (Lipinski definition) is 3. The van der Waals surface area contributed by atoms with Crippen molar-refractivity contribution in [1.82, 2.24) is 5.32 Å². The molecule has 2 aromatic rings. The van der Waals surface area contributed by atoms with Crippen molar-refractivity contribution in [2.45, 2.75) is 19.9 Å². The molecule has 6 heteroatoms. The van der Waals surface area contributed by atoms with Crippen LogP contribution in [0.25, 0.3) is 0 Å². The minimum atomic E-state index is -0.233. The van der Waals surface area contributed by atoms with Crippen molar-refractivity contribution in [3.63, 3.8) is 0 Å².